The van der Waals surface area contributed by atoms with Crippen LogP contribution in [0.2, 0.25) is 0 Å². The van der Waals surface area contributed by atoms with Gasteiger partial charge in [0.05, 0.1) is 0 Å². The summed E-state index contributed by atoms with van der Waals surface area (Å²) in [4.78, 5) is 20.6. The summed E-state index contributed by atoms with van der Waals surface area (Å²) in [6, 6.07) is 1.71. The number of carbonyl (C=O) groups excluding carboxylic acids is 1. The number of nitrogens with zero attached hydrogens (tertiary/aromatic N) is 2. The fraction of sp³-hybridized carbons (Fsp3) is 0.667. The van der Waals surface area contributed by atoms with Crippen molar-refractivity contribution in [2.75, 3.05) is 11.9 Å². The lowest BCUT2D eigenvalue weighted by Crippen LogP contribution is -2.29. The van der Waals surface area contributed by atoms with E-state index in [2.05, 4.69) is 27.5 Å². The Hall–Kier alpha value is -1.65. The molecule has 0 aromatic carbocycles. The second-order valence-electron chi connectivity index (χ2n) is 6.06. The quantitative estimate of drug-likeness (QED) is 0.785. The number of carbonyl (C=O) groups is 1. The summed E-state index contributed by atoms with van der Waals surface area (Å²) in [5, 5.41) is 6.09. The molecular formula is C15H26N4O. The molecule has 5 nitrogen and oxygen atoms in total. The molecular weight excluding hydrogens is 252 g/mol. The molecule has 1 rings (SSSR count). The number of hydrogen-bond donors (Lipinski definition) is 2. The van der Waals surface area contributed by atoms with Crippen LogP contribution >= 0.6 is 0 Å². The molecule has 0 atom stereocenters. The summed E-state index contributed by atoms with van der Waals surface area (Å²) >= 11 is 0. The standard InChI is InChI=1S/C15H26N4O/c1-6-7-8-9-16-13(20)12-10-11(2)17-14(18-12)19-15(3,4)5/h10H,6-9H2,1-5H3,(H,16,20)(H,17,18,19). The average Bonchev–Trinajstić information content (AvgIpc) is 2.31. The number of aryl methyl sites for hydroxylation is 1. The van der Waals surface area contributed by atoms with E-state index in [1.54, 1.807) is 6.07 Å². The molecule has 0 aliphatic carbocycles. The van der Waals surface area contributed by atoms with Gasteiger partial charge in [0.25, 0.3) is 5.91 Å². The second kappa shape index (κ2) is 7.22. The van der Waals surface area contributed by atoms with Gasteiger partial charge in [-0.2, -0.15) is 0 Å². The minimum atomic E-state index is -0.136. The molecule has 0 saturated carbocycles. The van der Waals surface area contributed by atoms with Crippen molar-refractivity contribution in [3.05, 3.63) is 17.5 Å². The number of nitrogens with one attached hydrogen (secondary N) is 2. The number of rotatable bonds is 6. The van der Waals surface area contributed by atoms with E-state index in [0.717, 1.165) is 25.0 Å². The molecule has 2 N–H and O–H groups in total. The van der Waals surface area contributed by atoms with Crippen molar-refractivity contribution in [2.45, 2.75) is 59.4 Å². The molecule has 0 aliphatic heterocycles. The lowest BCUT2D eigenvalue weighted by molar-refractivity contribution is 0.0947. The first-order valence-corrected chi connectivity index (χ1v) is 7.24. The van der Waals surface area contributed by atoms with Crippen LogP contribution in [0.25, 0.3) is 0 Å². The molecule has 1 heterocycles. The SMILES string of the molecule is CCCCCNC(=O)c1cc(C)nc(NC(C)(C)C)n1. The van der Waals surface area contributed by atoms with Gasteiger partial charge in [0.15, 0.2) is 0 Å². The highest BCUT2D eigenvalue weighted by atomic mass is 16.1. The van der Waals surface area contributed by atoms with Gasteiger partial charge in [0, 0.05) is 17.8 Å². The topological polar surface area (TPSA) is 66.9 Å². The summed E-state index contributed by atoms with van der Waals surface area (Å²) in [6.07, 6.45) is 3.27. The second-order valence-corrected chi connectivity index (χ2v) is 6.06. The van der Waals surface area contributed by atoms with E-state index in [4.69, 9.17) is 0 Å². The molecule has 20 heavy (non-hydrogen) atoms. The Morgan fingerprint density at radius 1 is 1.25 bits per heavy atom. The first-order valence-electron chi connectivity index (χ1n) is 7.24. The van der Waals surface area contributed by atoms with Crippen molar-refractivity contribution in [3.63, 3.8) is 0 Å². The third-order valence-corrected chi connectivity index (χ3v) is 2.64. The van der Waals surface area contributed by atoms with Gasteiger partial charge in [-0.15, -0.1) is 0 Å². The van der Waals surface area contributed by atoms with Crippen LogP contribution in [0.4, 0.5) is 5.95 Å². The summed E-state index contributed by atoms with van der Waals surface area (Å²) in [5.74, 6) is 0.361. The summed E-state index contributed by atoms with van der Waals surface area (Å²) < 4.78 is 0. The van der Waals surface area contributed by atoms with Gasteiger partial charge in [-0.25, -0.2) is 9.97 Å². The average molecular weight is 278 g/mol. The molecule has 1 aromatic heterocycles. The Kier molecular flexibility index (Phi) is 5.92. The van der Waals surface area contributed by atoms with Crippen LogP contribution in [-0.2, 0) is 0 Å². The molecule has 0 fully saturated rings. The van der Waals surface area contributed by atoms with E-state index >= 15 is 0 Å². The summed E-state index contributed by atoms with van der Waals surface area (Å²) in [5.41, 5.74) is 1.06. The Bertz CT molecular complexity index is 452. The zero-order chi connectivity index (χ0) is 15.2. The molecule has 5 heteroatoms. The van der Waals surface area contributed by atoms with Crippen LogP contribution < -0.4 is 10.6 Å². The maximum absolute atomic E-state index is 12.0. The van der Waals surface area contributed by atoms with Crippen molar-refractivity contribution in [1.29, 1.82) is 0 Å². The molecule has 0 saturated heterocycles. The number of hydrogen-bond acceptors (Lipinski definition) is 4. The Morgan fingerprint density at radius 2 is 1.95 bits per heavy atom. The van der Waals surface area contributed by atoms with E-state index in [1.807, 2.05) is 27.7 Å². The Morgan fingerprint density at radius 3 is 2.55 bits per heavy atom. The Balaban J connectivity index is 2.72. The first-order chi connectivity index (χ1) is 9.31. The van der Waals surface area contributed by atoms with Crippen LogP contribution in [0, 0.1) is 6.92 Å². The van der Waals surface area contributed by atoms with Gasteiger partial charge in [-0.05, 0) is 40.2 Å². The minimum Gasteiger partial charge on any atom is -0.351 e. The van der Waals surface area contributed by atoms with Gasteiger partial charge in [0.2, 0.25) is 5.95 Å². The highest BCUT2D eigenvalue weighted by Gasteiger charge is 2.14. The largest absolute Gasteiger partial charge is 0.351 e. The third-order valence-electron chi connectivity index (χ3n) is 2.64. The van der Waals surface area contributed by atoms with Crippen LogP contribution in [0.1, 0.15) is 63.1 Å². The van der Waals surface area contributed by atoms with Gasteiger partial charge >= 0.3 is 0 Å². The van der Waals surface area contributed by atoms with E-state index in [9.17, 15) is 4.79 Å². The normalized spacial score (nSPS) is 11.2. The minimum absolute atomic E-state index is 0.136. The molecule has 0 radical (unpaired) electrons. The molecule has 0 unspecified atom stereocenters. The first kappa shape index (κ1) is 16.4. The number of amides is 1. The molecule has 0 spiro atoms. The molecule has 1 aromatic rings. The predicted octanol–water partition coefficient (Wildman–Crippen LogP) is 2.92. The predicted molar refractivity (Wildman–Crippen MR) is 82.0 cm³/mol. The smallest absolute Gasteiger partial charge is 0.270 e. The number of anilines is 1. The number of unbranched alkanes of at least 4 members (excludes halogenated alkanes) is 2. The van der Waals surface area contributed by atoms with Crippen molar-refractivity contribution < 1.29 is 4.79 Å². The van der Waals surface area contributed by atoms with Crippen LogP contribution in [0.3, 0.4) is 0 Å². The zero-order valence-electron chi connectivity index (χ0n) is 13.2. The third kappa shape index (κ3) is 5.99. The monoisotopic (exact) mass is 278 g/mol. The van der Waals surface area contributed by atoms with Crippen LogP contribution in [0.15, 0.2) is 6.07 Å². The molecule has 0 bridgehead atoms. The lowest BCUT2D eigenvalue weighted by Gasteiger charge is -2.20. The maximum Gasteiger partial charge on any atom is 0.270 e. The van der Waals surface area contributed by atoms with E-state index in [1.165, 1.54) is 0 Å². The summed E-state index contributed by atoms with van der Waals surface area (Å²) in [7, 11) is 0. The van der Waals surface area contributed by atoms with Crippen LogP contribution in [0.5, 0.6) is 0 Å². The van der Waals surface area contributed by atoms with Crippen molar-refractivity contribution in [1.82, 2.24) is 15.3 Å². The summed E-state index contributed by atoms with van der Waals surface area (Å²) in [6.45, 7) is 10.8. The molecule has 1 amide bonds. The van der Waals surface area contributed by atoms with E-state index < -0.39 is 0 Å². The fourth-order valence-electron chi connectivity index (χ4n) is 1.74. The zero-order valence-corrected chi connectivity index (χ0v) is 13.2. The maximum atomic E-state index is 12.0. The van der Waals surface area contributed by atoms with E-state index in [-0.39, 0.29) is 11.4 Å². The number of aromatic nitrogens is 2. The van der Waals surface area contributed by atoms with E-state index in [0.29, 0.717) is 18.2 Å². The Labute approximate surface area is 121 Å². The molecule has 112 valence electrons. The lowest BCUT2D eigenvalue weighted by atomic mass is 10.1. The molecule has 0 aliphatic rings. The van der Waals surface area contributed by atoms with Crippen molar-refractivity contribution in [3.8, 4) is 0 Å². The highest BCUT2D eigenvalue weighted by Crippen LogP contribution is 2.11. The van der Waals surface area contributed by atoms with Crippen molar-refractivity contribution in [2.24, 2.45) is 0 Å². The highest BCUT2D eigenvalue weighted by molar-refractivity contribution is 5.92. The van der Waals surface area contributed by atoms with Gasteiger partial charge in [0.1, 0.15) is 5.69 Å². The van der Waals surface area contributed by atoms with Gasteiger partial charge in [-0.3, -0.25) is 4.79 Å². The van der Waals surface area contributed by atoms with Crippen LogP contribution in [-0.4, -0.2) is 28.0 Å². The van der Waals surface area contributed by atoms with Gasteiger partial charge < -0.3 is 10.6 Å². The van der Waals surface area contributed by atoms with Crippen molar-refractivity contribution >= 4 is 11.9 Å². The van der Waals surface area contributed by atoms with Gasteiger partial charge in [-0.1, -0.05) is 19.8 Å². The fourth-order valence-corrected chi connectivity index (χ4v) is 1.74.